The minimum absolute atomic E-state index is 0.557. The van der Waals surface area contributed by atoms with E-state index >= 15 is 0 Å². The molecular weight excluding hydrogens is 222 g/mol. The van der Waals surface area contributed by atoms with Crippen molar-refractivity contribution < 1.29 is 0 Å². The van der Waals surface area contributed by atoms with Crippen LogP contribution in [0.15, 0.2) is 54.9 Å². The van der Waals surface area contributed by atoms with E-state index < -0.39 is 0 Å². The van der Waals surface area contributed by atoms with Crippen LogP contribution in [0.25, 0.3) is 22.2 Å². The minimum atomic E-state index is 0.557. The molecule has 3 aromatic rings. The van der Waals surface area contributed by atoms with E-state index in [1.807, 2.05) is 18.2 Å². The van der Waals surface area contributed by atoms with Gasteiger partial charge in [-0.2, -0.15) is 0 Å². The highest BCUT2D eigenvalue weighted by molar-refractivity contribution is 5.81. The molecule has 1 heterocycles. The Morgan fingerprint density at radius 2 is 1.61 bits per heavy atom. The van der Waals surface area contributed by atoms with Crippen molar-refractivity contribution >= 4 is 11.0 Å². The second-order valence-corrected chi connectivity index (χ2v) is 4.16. The van der Waals surface area contributed by atoms with Crippen molar-refractivity contribution in [3.63, 3.8) is 0 Å². The third-order valence-electron chi connectivity index (χ3n) is 2.97. The SMILES string of the molecule is NCc1cccc(-c2ccc3nccnc3c2)c1. The summed E-state index contributed by atoms with van der Waals surface area (Å²) in [5, 5.41) is 0. The molecule has 2 aromatic carbocycles. The Morgan fingerprint density at radius 1 is 0.833 bits per heavy atom. The van der Waals surface area contributed by atoms with Gasteiger partial charge in [0, 0.05) is 18.9 Å². The van der Waals surface area contributed by atoms with E-state index in [4.69, 9.17) is 5.73 Å². The van der Waals surface area contributed by atoms with Crippen LogP contribution in [0.1, 0.15) is 5.56 Å². The Labute approximate surface area is 105 Å². The van der Waals surface area contributed by atoms with Gasteiger partial charge in [0.15, 0.2) is 0 Å². The standard InChI is InChI=1S/C15H13N3/c16-10-11-2-1-3-12(8-11)13-4-5-14-15(9-13)18-7-6-17-14/h1-9H,10,16H2. The minimum Gasteiger partial charge on any atom is -0.326 e. The first-order valence-electron chi connectivity index (χ1n) is 5.87. The van der Waals surface area contributed by atoms with Crippen LogP contribution in [0.5, 0.6) is 0 Å². The molecular formula is C15H13N3. The van der Waals surface area contributed by atoms with E-state index in [0.717, 1.165) is 27.7 Å². The molecule has 88 valence electrons. The van der Waals surface area contributed by atoms with Crippen molar-refractivity contribution in [2.24, 2.45) is 5.73 Å². The summed E-state index contributed by atoms with van der Waals surface area (Å²) in [5.74, 6) is 0. The average Bonchev–Trinajstić information content (AvgIpc) is 2.47. The van der Waals surface area contributed by atoms with Crippen molar-refractivity contribution in [1.29, 1.82) is 0 Å². The molecule has 0 aliphatic carbocycles. The number of hydrogen-bond donors (Lipinski definition) is 1. The molecule has 0 bridgehead atoms. The smallest absolute Gasteiger partial charge is 0.0892 e. The lowest BCUT2D eigenvalue weighted by Gasteiger charge is -2.05. The molecule has 0 spiro atoms. The monoisotopic (exact) mass is 235 g/mol. The number of rotatable bonds is 2. The van der Waals surface area contributed by atoms with Gasteiger partial charge in [0.1, 0.15) is 0 Å². The van der Waals surface area contributed by atoms with Crippen LogP contribution in [0.2, 0.25) is 0 Å². The third kappa shape index (κ3) is 1.96. The fourth-order valence-corrected chi connectivity index (χ4v) is 2.02. The highest BCUT2D eigenvalue weighted by Gasteiger charge is 2.01. The summed E-state index contributed by atoms with van der Waals surface area (Å²) in [6, 6.07) is 14.4. The maximum Gasteiger partial charge on any atom is 0.0892 e. The van der Waals surface area contributed by atoms with Gasteiger partial charge in [0.05, 0.1) is 11.0 Å². The first-order chi connectivity index (χ1) is 8.86. The number of fused-ring (bicyclic) bond motifs is 1. The van der Waals surface area contributed by atoms with Gasteiger partial charge in [0.2, 0.25) is 0 Å². The van der Waals surface area contributed by atoms with Crippen molar-refractivity contribution in [3.8, 4) is 11.1 Å². The zero-order valence-electron chi connectivity index (χ0n) is 9.88. The predicted molar refractivity (Wildman–Crippen MR) is 72.9 cm³/mol. The van der Waals surface area contributed by atoms with Gasteiger partial charge < -0.3 is 5.73 Å². The average molecular weight is 235 g/mol. The molecule has 0 atom stereocenters. The molecule has 0 unspecified atom stereocenters. The maximum absolute atomic E-state index is 5.66. The molecule has 0 saturated carbocycles. The molecule has 1 aromatic heterocycles. The number of hydrogen-bond acceptors (Lipinski definition) is 3. The predicted octanol–water partition coefficient (Wildman–Crippen LogP) is 2.76. The van der Waals surface area contributed by atoms with Gasteiger partial charge in [-0.05, 0) is 34.9 Å². The first kappa shape index (κ1) is 10.9. The summed E-state index contributed by atoms with van der Waals surface area (Å²) in [4.78, 5) is 8.59. The van der Waals surface area contributed by atoms with Crippen LogP contribution < -0.4 is 5.73 Å². The fraction of sp³-hybridized carbons (Fsp3) is 0.0667. The van der Waals surface area contributed by atoms with E-state index in [9.17, 15) is 0 Å². The summed E-state index contributed by atoms with van der Waals surface area (Å²) in [5.41, 5.74) is 10.9. The molecule has 18 heavy (non-hydrogen) atoms. The highest BCUT2D eigenvalue weighted by atomic mass is 14.8. The second-order valence-electron chi connectivity index (χ2n) is 4.16. The van der Waals surface area contributed by atoms with Crippen molar-refractivity contribution in [1.82, 2.24) is 9.97 Å². The number of nitrogens with two attached hydrogens (primary N) is 1. The largest absolute Gasteiger partial charge is 0.326 e. The third-order valence-corrected chi connectivity index (χ3v) is 2.97. The zero-order chi connectivity index (χ0) is 12.4. The van der Waals surface area contributed by atoms with E-state index in [1.165, 1.54) is 0 Å². The van der Waals surface area contributed by atoms with Gasteiger partial charge in [-0.25, -0.2) is 0 Å². The lowest BCUT2D eigenvalue weighted by atomic mass is 10.0. The molecule has 0 aliphatic heterocycles. The second kappa shape index (κ2) is 4.55. The van der Waals surface area contributed by atoms with Crippen LogP contribution in [-0.4, -0.2) is 9.97 Å². The normalized spacial score (nSPS) is 10.7. The maximum atomic E-state index is 5.66. The lowest BCUT2D eigenvalue weighted by molar-refractivity contribution is 1.07. The van der Waals surface area contributed by atoms with Gasteiger partial charge in [0.25, 0.3) is 0 Å². The summed E-state index contributed by atoms with van der Waals surface area (Å²) < 4.78 is 0. The van der Waals surface area contributed by atoms with Crippen LogP contribution in [0.4, 0.5) is 0 Å². The molecule has 3 rings (SSSR count). The molecule has 0 fully saturated rings. The molecule has 0 aliphatic rings. The summed E-state index contributed by atoms with van der Waals surface area (Å²) in [6.45, 7) is 0.557. The van der Waals surface area contributed by atoms with Crippen LogP contribution in [0, 0.1) is 0 Å². The Balaban J connectivity index is 2.13. The first-order valence-corrected chi connectivity index (χ1v) is 5.87. The summed E-state index contributed by atoms with van der Waals surface area (Å²) >= 11 is 0. The van der Waals surface area contributed by atoms with Gasteiger partial charge in [-0.3, -0.25) is 9.97 Å². The highest BCUT2D eigenvalue weighted by Crippen LogP contribution is 2.23. The van der Waals surface area contributed by atoms with Gasteiger partial charge >= 0.3 is 0 Å². The molecule has 3 heteroatoms. The lowest BCUT2D eigenvalue weighted by Crippen LogP contribution is -1.95. The van der Waals surface area contributed by atoms with E-state index in [2.05, 4.69) is 34.2 Å². The van der Waals surface area contributed by atoms with Crippen molar-refractivity contribution in [3.05, 3.63) is 60.4 Å². The summed E-state index contributed by atoms with van der Waals surface area (Å²) in [6.07, 6.45) is 3.42. The van der Waals surface area contributed by atoms with Crippen LogP contribution in [0.3, 0.4) is 0 Å². The zero-order valence-corrected chi connectivity index (χ0v) is 9.88. The van der Waals surface area contributed by atoms with Crippen LogP contribution in [-0.2, 0) is 6.54 Å². The van der Waals surface area contributed by atoms with E-state index in [1.54, 1.807) is 12.4 Å². The number of benzene rings is 2. The molecule has 0 saturated heterocycles. The Hall–Kier alpha value is -2.26. The van der Waals surface area contributed by atoms with Gasteiger partial charge in [-0.15, -0.1) is 0 Å². The molecule has 3 nitrogen and oxygen atoms in total. The quantitative estimate of drug-likeness (QED) is 0.743. The molecule has 2 N–H and O–H groups in total. The molecule has 0 radical (unpaired) electrons. The summed E-state index contributed by atoms with van der Waals surface area (Å²) in [7, 11) is 0. The van der Waals surface area contributed by atoms with E-state index in [0.29, 0.717) is 6.54 Å². The Bertz CT molecular complexity index is 692. The fourth-order valence-electron chi connectivity index (χ4n) is 2.02. The number of nitrogens with zero attached hydrogens (tertiary/aromatic N) is 2. The molecule has 0 amide bonds. The van der Waals surface area contributed by atoms with Crippen molar-refractivity contribution in [2.75, 3.05) is 0 Å². The van der Waals surface area contributed by atoms with Crippen LogP contribution >= 0.6 is 0 Å². The Kier molecular flexibility index (Phi) is 2.74. The Morgan fingerprint density at radius 3 is 2.44 bits per heavy atom. The van der Waals surface area contributed by atoms with E-state index in [-0.39, 0.29) is 0 Å². The van der Waals surface area contributed by atoms with Crippen molar-refractivity contribution in [2.45, 2.75) is 6.54 Å². The number of aromatic nitrogens is 2. The van der Waals surface area contributed by atoms with Gasteiger partial charge in [-0.1, -0.05) is 24.3 Å². The topological polar surface area (TPSA) is 51.8 Å².